The monoisotopic (exact) mass is 389 g/mol. The molecule has 0 aliphatic carbocycles. The summed E-state index contributed by atoms with van der Waals surface area (Å²) in [6, 6.07) is 26.3. The van der Waals surface area contributed by atoms with Gasteiger partial charge in [-0.25, -0.2) is 9.97 Å². The number of benzene rings is 2. The van der Waals surface area contributed by atoms with Crippen LogP contribution in [-0.2, 0) is 6.54 Å². The Morgan fingerprint density at radius 2 is 1.57 bits per heavy atom. The van der Waals surface area contributed by atoms with Gasteiger partial charge in [-0.1, -0.05) is 42.5 Å². The first-order valence-electron chi connectivity index (χ1n) is 9.78. The Bertz CT molecular complexity index is 1270. The summed E-state index contributed by atoms with van der Waals surface area (Å²) in [5.41, 5.74) is 5.00. The minimum Gasteiger partial charge on any atom is -0.364 e. The van der Waals surface area contributed by atoms with Gasteiger partial charge >= 0.3 is 0 Å². The first-order chi connectivity index (χ1) is 14.9. The number of aromatic nitrogens is 4. The van der Waals surface area contributed by atoms with E-state index in [-0.39, 0.29) is 0 Å². The van der Waals surface area contributed by atoms with Gasteiger partial charge in [-0.2, -0.15) is 0 Å². The van der Waals surface area contributed by atoms with Crippen LogP contribution in [0.15, 0.2) is 97.5 Å². The minimum atomic E-state index is 0.578. The van der Waals surface area contributed by atoms with Gasteiger partial charge in [0.25, 0.3) is 0 Å². The Morgan fingerprint density at radius 1 is 0.700 bits per heavy atom. The van der Waals surface area contributed by atoms with Crippen LogP contribution >= 0.6 is 0 Å². The summed E-state index contributed by atoms with van der Waals surface area (Å²) in [6.07, 6.45) is 5.32. The van der Waals surface area contributed by atoms with E-state index in [1.807, 2.05) is 54.6 Å². The average molecular weight is 389 g/mol. The summed E-state index contributed by atoms with van der Waals surface area (Å²) in [4.78, 5) is 18.2. The lowest BCUT2D eigenvalue weighted by Gasteiger charge is -2.12. The van der Waals surface area contributed by atoms with E-state index in [4.69, 9.17) is 9.97 Å². The van der Waals surface area contributed by atoms with Crippen molar-refractivity contribution in [1.29, 1.82) is 0 Å². The van der Waals surface area contributed by atoms with Gasteiger partial charge in [0, 0.05) is 29.5 Å². The second-order valence-electron chi connectivity index (χ2n) is 6.91. The second kappa shape index (κ2) is 8.09. The van der Waals surface area contributed by atoms with Gasteiger partial charge in [0.1, 0.15) is 5.82 Å². The SMILES string of the molecule is c1ccc(-c2ccc3nc(-c4cccnc4)nc(NCc4ccccn4)c3c2)cc1. The molecule has 5 rings (SSSR count). The number of hydrogen-bond acceptors (Lipinski definition) is 5. The Kier molecular flexibility index (Phi) is 4.84. The van der Waals surface area contributed by atoms with E-state index in [0.29, 0.717) is 12.4 Å². The number of anilines is 1. The first-order valence-corrected chi connectivity index (χ1v) is 9.78. The highest BCUT2D eigenvalue weighted by Gasteiger charge is 2.11. The van der Waals surface area contributed by atoms with Crippen molar-refractivity contribution in [2.75, 3.05) is 5.32 Å². The number of fused-ring (bicyclic) bond motifs is 1. The fraction of sp³-hybridized carbons (Fsp3) is 0.0400. The van der Waals surface area contributed by atoms with Crippen molar-refractivity contribution in [3.63, 3.8) is 0 Å². The maximum Gasteiger partial charge on any atom is 0.163 e. The molecule has 30 heavy (non-hydrogen) atoms. The van der Waals surface area contributed by atoms with Crippen molar-refractivity contribution >= 4 is 16.7 Å². The van der Waals surface area contributed by atoms with E-state index in [9.17, 15) is 0 Å². The average Bonchev–Trinajstić information content (AvgIpc) is 2.84. The van der Waals surface area contributed by atoms with Crippen LogP contribution in [0.3, 0.4) is 0 Å². The lowest BCUT2D eigenvalue weighted by atomic mass is 10.0. The second-order valence-corrected chi connectivity index (χ2v) is 6.91. The molecule has 1 N–H and O–H groups in total. The number of rotatable bonds is 5. The molecule has 0 atom stereocenters. The van der Waals surface area contributed by atoms with E-state index in [0.717, 1.165) is 39.1 Å². The predicted molar refractivity (Wildman–Crippen MR) is 120 cm³/mol. The van der Waals surface area contributed by atoms with E-state index in [1.165, 1.54) is 0 Å². The number of nitrogens with zero attached hydrogens (tertiary/aromatic N) is 4. The molecular formula is C25H19N5. The molecule has 0 aliphatic heterocycles. The molecule has 0 aliphatic rings. The molecule has 0 bridgehead atoms. The topological polar surface area (TPSA) is 63.6 Å². The number of hydrogen-bond donors (Lipinski definition) is 1. The lowest BCUT2D eigenvalue weighted by molar-refractivity contribution is 1.03. The molecule has 2 aromatic carbocycles. The fourth-order valence-electron chi connectivity index (χ4n) is 3.37. The summed E-state index contributed by atoms with van der Waals surface area (Å²) < 4.78 is 0. The maximum absolute atomic E-state index is 4.83. The predicted octanol–water partition coefficient (Wildman–Crippen LogP) is 5.37. The summed E-state index contributed by atoms with van der Waals surface area (Å²) in [5, 5.41) is 4.43. The summed E-state index contributed by atoms with van der Waals surface area (Å²) in [5.74, 6) is 1.42. The molecule has 0 radical (unpaired) electrons. The molecule has 0 amide bonds. The molecule has 5 nitrogen and oxygen atoms in total. The van der Waals surface area contributed by atoms with Gasteiger partial charge in [0.15, 0.2) is 5.82 Å². The molecule has 0 saturated carbocycles. The normalized spacial score (nSPS) is 10.8. The van der Waals surface area contributed by atoms with E-state index in [1.54, 1.807) is 18.6 Å². The number of nitrogens with one attached hydrogen (secondary N) is 1. The molecule has 3 aromatic heterocycles. The van der Waals surface area contributed by atoms with Crippen LogP contribution in [0.25, 0.3) is 33.4 Å². The minimum absolute atomic E-state index is 0.578. The van der Waals surface area contributed by atoms with E-state index >= 15 is 0 Å². The molecule has 0 saturated heterocycles. The first kappa shape index (κ1) is 17.9. The van der Waals surface area contributed by atoms with Crippen molar-refractivity contribution < 1.29 is 0 Å². The zero-order chi connectivity index (χ0) is 20.2. The summed E-state index contributed by atoms with van der Waals surface area (Å²) >= 11 is 0. The van der Waals surface area contributed by atoms with Crippen molar-refractivity contribution in [2.45, 2.75) is 6.54 Å². The van der Waals surface area contributed by atoms with Crippen LogP contribution in [-0.4, -0.2) is 19.9 Å². The summed E-state index contributed by atoms with van der Waals surface area (Å²) in [7, 11) is 0. The fourth-order valence-corrected chi connectivity index (χ4v) is 3.37. The Labute approximate surface area is 174 Å². The standard InChI is InChI=1S/C25H19N5/c1-2-7-18(8-3-1)19-11-12-23-22(15-19)25(28-17-21-10-4-5-14-27-21)30-24(29-23)20-9-6-13-26-16-20/h1-16H,17H2,(H,28,29,30). The van der Waals surface area contributed by atoms with Gasteiger partial charge in [-0.3, -0.25) is 9.97 Å². The van der Waals surface area contributed by atoms with Gasteiger partial charge in [-0.05, 0) is 47.5 Å². The molecule has 144 valence electrons. The van der Waals surface area contributed by atoms with Gasteiger partial charge in [0.2, 0.25) is 0 Å². The Hall–Kier alpha value is -4.12. The highest BCUT2D eigenvalue weighted by Crippen LogP contribution is 2.29. The smallest absolute Gasteiger partial charge is 0.163 e. The quantitative estimate of drug-likeness (QED) is 0.438. The van der Waals surface area contributed by atoms with Crippen LogP contribution < -0.4 is 5.32 Å². The lowest BCUT2D eigenvalue weighted by Crippen LogP contribution is -2.05. The molecule has 0 fully saturated rings. The molecule has 0 unspecified atom stereocenters. The molecule has 5 aromatic rings. The Morgan fingerprint density at radius 3 is 2.37 bits per heavy atom. The molecule has 0 spiro atoms. The third-order valence-corrected chi connectivity index (χ3v) is 4.89. The molecule has 3 heterocycles. The highest BCUT2D eigenvalue weighted by atomic mass is 15.0. The number of pyridine rings is 2. The van der Waals surface area contributed by atoms with Gasteiger partial charge in [0.05, 0.1) is 17.8 Å². The largest absolute Gasteiger partial charge is 0.364 e. The molecular weight excluding hydrogens is 370 g/mol. The zero-order valence-corrected chi connectivity index (χ0v) is 16.2. The summed E-state index contributed by atoms with van der Waals surface area (Å²) in [6.45, 7) is 0.578. The highest BCUT2D eigenvalue weighted by molar-refractivity contribution is 5.93. The van der Waals surface area contributed by atoms with Crippen molar-refractivity contribution in [3.05, 3.63) is 103 Å². The van der Waals surface area contributed by atoms with Crippen LogP contribution in [0.1, 0.15) is 5.69 Å². The molecule has 5 heteroatoms. The third-order valence-electron chi connectivity index (χ3n) is 4.89. The third kappa shape index (κ3) is 3.73. The van der Waals surface area contributed by atoms with Crippen LogP contribution in [0, 0.1) is 0 Å². The van der Waals surface area contributed by atoms with Gasteiger partial charge < -0.3 is 5.32 Å². The van der Waals surface area contributed by atoms with Crippen molar-refractivity contribution in [3.8, 4) is 22.5 Å². The zero-order valence-electron chi connectivity index (χ0n) is 16.2. The van der Waals surface area contributed by atoms with E-state index in [2.05, 4.69) is 39.6 Å². The van der Waals surface area contributed by atoms with Gasteiger partial charge in [-0.15, -0.1) is 0 Å². The van der Waals surface area contributed by atoms with Crippen LogP contribution in [0.4, 0.5) is 5.82 Å². The maximum atomic E-state index is 4.83. The van der Waals surface area contributed by atoms with Crippen LogP contribution in [0.5, 0.6) is 0 Å². The van der Waals surface area contributed by atoms with Crippen molar-refractivity contribution in [1.82, 2.24) is 19.9 Å². The Balaban J connectivity index is 1.61. The van der Waals surface area contributed by atoms with Crippen LogP contribution in [0.2, 0.25) is 0 Å². The van der Waals surface area contributed by atoms with E-state index < -0.39 is 0 Å². The van der Waals surface area contributed by atoms with Crippen molar-refractivity contribution in [2.24, 2.45) is 0 Å².